The van der Waals surface area contributed by atoms with Gasteiger partial charge in [-0.25, -0.2) is 4.98 Å². The lowest BCUT2D eigenvalue weighted by atomic mass is 9.78. The van der Waals surface area contributed by atoms with E-state index < -0.39 is 0 Å². The molecule has 1 saturated carbocycles. The van der Waals surface area contributed by atoms with Gasteiger partial charge in [0.1, 0.15) is 5.52 Å². The van der Waals surface area contributed by atoms with Crippen LogP contribution >= 0.6 is 11.8 Å². The van der Waals surface area contributed by atoms with Crippen molar-refractivity contribution in [3.63, 3.8) is 0 Å². The Morgan fingerprint density at radius 2 is 2.18 bits per heavy atom. The number of oxazole rings is 1. The van der Waals surface area contributed by atoms with Crippen LogP contribution in [0.25, 0.3) is 11.1 Å². The van der Waals surface area contributed by atoms with Crippen LogP contribution in [-0.4, -0.2) is 22.7 Å². The second-order valence-corrected chi connectivity index (χ2v) is 7.10. The minimum Gasteiger partial charge on any atom is -0.431 e. The normalized spacial score (nSPS) is 25.3. The molecule has 1 aliphatic carbocycles. The molecule has 1 aromatic carbocycles. The molecule has 0 bridgehead atoms. The molecule has 0 saturated heterocycles. The third-order valence-electron chi connectivity index (χ3n) is 4.65. The van der Waals surface area contributed by atoms with E-state index >= 15 is 0 Å². The molecule has 0 unspecified atom stereocenters. The molecule has 0 spiro atoms. The summed E-state index contributed by atoms with van der Waals surface area (Å²) >= 11 is 1.36. The molecule has 3 atom stereocenters. The average molecular weight is 318 g/mol. The van der Waals surface area contributed by atoms with E-state index in [-0.39, 0.29) is 5.91 Å². The molecule has 0 aliphatic heterocycles. The Hall–Kier alpha value is -1.49. The average Bonchev–Trinajstić information content (AvgIpc) is 2.93. The Morgan fingerprint density at radius 1 is 1.36 bits per heavy atom. The van der Waals surface area contributed by atoms with Crippen LogP contribution in [0.5, 0.6) is 0 Å². The molecule has 1 fully saturated rings. The van der Waals surface area contributed by atoms with E-state index in [0.717, 1.165) is 17.5 Å². The van der Waals surface area contributed by atoms with Crippen molar-refractivity contribution < 1.29 is 9.21 Å². The number of aromatic nitrogens is 1. The van der Waals surface area contributed by atoms with Gasteiger partial charge in [-0.1, -0.05) is 50.6 Å². The summed E-state index contributed by atoms with van der Waals surface area (Å²) in [7, 11) is 0. The first-order valence-electron chi connectivity index (χ1n) is 7.91. The summed E-state index contributed by atoms with van der Waals surface area (Å²) in [6.45, 7) is 4.51. The van der Waals surface area contributed by atoms with E-state index in [9.17, 15) is 4.79 Å². The molecule has 1 aromatic heterocycles. The SMILES string of the molecule is C[C@H]1[C@H](C)CCC[C@@H]1NC(=O)CSc1nc2ccccc2o1. The number of hydrogen-bond acceptors (Lipinski definition) is 4. The van der Waals surface area contributed by atoms with Crippen LogP contribution in [0.3, 0.4) is 0 Å². The van der Waals surface area contributed by atoms with Gasteiger partial charge in [0.25, 0.3) is 5.22 Å². The van der Waals surface area contributed by atoms with Crippen molar-refractivity contribution in [2.45, 2.75) is 44.4 Å². The first kappa shape index (κ1) is 15.4. The molecule has 2 aromatic rings. The zero-order chi connectivity index (χ0) is 15.5. The summed E-state index contributed by atoms with van der Waals surface area (Å²) in [5.41, 5.74) is 1.60. The monoisotopic (exact) mass is 318 g/mol. The van der Waals surface area contributed by atoms with Crippen molar-refractivity contribution in [2.75, 3.05) is 5.75 Å². The number of benzene rings is 1. The number of carbonyl (C=O) groups excluding carboxylic acids is 1. The Morgan fingerprint density at radius 3 is 3.00 bits per heavy atom. The van der Waals surface area contributed by atoms with Gasteiger partial charge in [-0.15, -0.1) is 0 Å². The molecule has 0 radical (unpaired) electrons. The lowest BCUT2D eigenvalue weighted by Crippen LogP contribution is -2.44. The van der Waals surface area contributed by atoms with Crippen molar-refractivity contribution in [2.24, 2.45) is 11.8 Å². The van der Waals surface area contributed by atoms with Crippen molar-refractivity contribution in [3.05, 3.63) is 24.3 Å². The van der Waals surface area contributed by atoms with E-state index in [1.54, 1.807) is 0 Å². The molecule has 5 heteroatoms. The van der Waals surface area contributed by atoms with Gasteiger partial charge in [0.05, 0.1) is 5.75 Å². The highest BCUT2D eigenvalue weighted by Crippen LogP contribution is 2.29. The highest BCUT2D eigenvalue weighted by molar-refractivity contribution is 7.99. The highest BCUT2D eigenvalue weighted by Gasteiger charge is 2.28. The quantitative estimate of drug-likeness (QED) is 0.870. The van der Waals surface area contributed by atoms with Gasteiger partial charge in [-0.05, 0) is 30.4 Å². The molecule has 1 amide bonds. The number of thioether (sulfide) groups is 1. The second kappa shape index (κ2) is 6.73. The molecule has 1 heterocycles. The molecule has 4 nitrogen and oxygen atoms in total. The van der Waals surface area contributed by atoms with Gasteiger partial charge in [0.2, 0.25) is 5.91 Å². The number of amides is 1. The molecule has 1 N–H and O–H groups in total. The Kier molecular flexibility index (Phi) is 4.71. The van der Waals surface area contributed by atoms with Gasteiger partial charge in [0, 0.05) is 6.04 Å². The van der Waals surface area contributed by atoms with Crippen molar-refractivity contribution in [3.8, 4) is 0 Å². The van der Waals surface area contributed by atoms with Crippen molar-refractivity contribution >= 4 is 28.8 Å². The molecular weight excluding hydrogens is 296 g/mol. The lowest BCUT2D eigenvalue weighted by Gasteiger charge is -2.34. The Balaban J connectivity index is 1.53. The van der Waals surface area contributed by atoms with Crippen molar-refractivity contribution in [1.29, 1.82) is 0 Å². The number of nitrogens with zero attached hydrogens (tertiary/aromatic N) is 1. The van der Waals surface area contributed by atoms with E-state index in [1.807, 2.05) is 24.3 Å². The van der Waals surface area contributed by atoms with Crippen LogP contribution in [-0.2, 0) is 4.79 Å². The number of fused-ring (bicyclic) bond motifs is 1. The maximum Gasteiger partial charge on any atom is 0.257 e. The largest absolute Gasteiger partial charge is 0.431 e. The van der Waals surface area contributed by atoms with Crippen molar-refractivity contribution in [1.82, 2.24) is 10.3 Å². The molecule has 3 rings (SSSR count). The maximum absolute atomic E-state index is 12.2. The zero-order valence-electron chi connectivity index (χ0n) is 13.0. The van der Waals surface area contributed by atoms with Gasteiger partial charge in [-0.3, -0.25) is 4.79 Å². The van der Waals surface area contributed by atoms with Crippen LogP contribution in [0, 0.1) is 11.8 Å². The van der Waals surface area contributed by atoms with Crippen LogP contribution in [0.2, 0.25) is 0 Å². The van der Waals surface area contributed by atoms with Crippen LogP contribution in [0.15, 0.2) is 33.9 Å². The number of nitrogens with one attached hydrogen (secondary N) is 1. The number of hydrogen-bond donors (Lipinski definition) is 1. The maximum atomic E-state index is 12.2. The molecule has 118 valence electrons. The fraction of sp³-hybridized carbons (Fsp3) is 0.529. The fourth-order valence-electron chi connectivity index (χ4n) is 3.07. The third kappa shape index (κ3) is 3.46. The van der Waals surface area contributed by atoms with E-state index in [2.05, 4.69) is 24.1 Å². The predicted octanol–water partition coefficient (Wildman–Crippen LogP) is 3.86. The zero-order valence-corrected chi connectivity index (χ0v) is 13.9. The summed E-state index contributed by atoms with van der Waals surface area (Å²) in [5.74, 6) is 1.65. The van der Waals surface area contributed by atoms with Gasteiger partial charge >= 0.3 is 0 Å². The fourth-order valence-corrected chi connectivity index (χ4v) is 3.72. The topological polar surface area (TPSA) is 55.1 Å². The lowest BCUT2D eigenvalue weighted by molar-refractivity contribution is -0.120. The molecular formula is C17H22N2O2S. The smallest absolute Gasteiger partial charge is 0.257 e. The number of rotatable bonds is 4. The summed E-state index contributed by atoms with van der Waals surface area (Å²) in [6.07, 6.45) is 3.56. The van der Waals surface area contributed by atoms with Crippen LogP contribution < -0.4 is 5.32 Å². The van der Waals surface area contributed by atoms with E-state index in [0.29, 0.717) is 28.9 Å². The first-order chi connectivity index (χ1) is 10.6. The van der Waals surface area contributed by atoms with Gasteiger partial charge < -0.3 is 9.73 Å². The highest BCUT2D eigenvalue weighted by atomic mass is 32.2. The number of para-hydroxylation sites is 2. The summed E-state index contributed by atoms with van der Waals surface area (Å²) in [4.78, 5) is 16.5. The summed E-state index contributed by atoms with van der Waals surface area (Å²) in [5, 5.41) is 3.73. The summed E-state index contributed by atoms with van der Waals surface area (Å²) in [6, 6.07) is 7.95. The third-order valence-corrected chi connectivity index (χ3v) is 5.48. The van der Waals surface area contributed by atoms with Gasteiger partial charge in [0.15, 0.2) is 5.58 Å². The minimum absolute atomic E-state index is 0.0678. The summed E-state index contributed by atoms with van der Waals surface area (Å²) < 4.78 is 5.62. The van der Waals surface area contributed by atoms with E-state index in [1.165, 1.54) is 24.6 Å². The standard InChI is InChI=1S/C17H22N2O2S/c1-11-6-5-8-13(12(11)2)18-16(20)10-22-17-19-14-7-3-4-9-15(14)21-17/h3-4,7,9,11-13H,5-6,8,10H2,1-2H3,(H,18,20)/t11-,12+,13+/m1/s1. The van der Waals surface area contributed by atoms with E-state index in [4.69, 9.17) is 4.42 Å². The van der Waals surface area contributed by atoms with Gasteiger partial charge in [-0.2, -0.15) is 0 Å². The van der Waals surface area contributed by atoms with Crippen LogP contribution in [0.1, 0.15) is 33.1 Å². The first-order valence-corrected chi connectivity index (χ1v) is 8.90. The molecule has 22 heavy (non-hydrogen) atoms. The van der Waals surface area contributed by atoms with Crippen LogP contribution in [0.4, 0.5) is 0 Å². The molecule has 1 aliphatic rings. The predicted molar refractivity (Wildman–Crippen MR) is 88.8 cm³/mol. The number of carbonyl (C=O) groups is 1. The Labute approximate surface area is 135 Å². The second-order valence-electron chi connectivity index (χ2n) is 6.18. The minimum atomic E-state index is 0.0678. The Bertz CT molecular complexity index is 622.